The molecule has 2 saturated heterocycles. The van der Waals surface area contributed by atoms with Crippen LogP contribution in [0.1, 0.15) is 54.4 Å². The van der Waals surface area contributed by atoms with Gasteiger partial charge in [-0.2, -0.15) is 0 Å². The molecular formula is C18H38N4. The lowest BCUT2D eigenvalue weighted by molar-refractivity contribution is 0.105. The summed E-state index contributed by atoms with van der Waals surface area (Å²) in [5.74, 6) is 0. The van der Waals surface area contributed by atoms with Gasteiger partial charge in [-0.05, 0) is 54.4 Å². The van der Waals surface area contributed by atoms with E-state index in [1.165, 1.54) is 39.0 Å². The Morgan fingerprint density at radius 3 is 1.95 bits per heavy atom. The van der Waals surface area contributed by atoms with E-state index in [1.54, 1.807) is 0 Å². The van der Waals surface area contributed by atoms with Crippen LogP contribution in [0.5, 0.6) is 0 Å². The molecule has 0 aromatic rings. The zero-order chi connectivity index (χ0) is 16.3. The van der Waals surface area contributed by atoms with Crippen LogP contribution in [0.3, 0.4) is 0 Å². The van der Waals surface area contributed by atoms with Crippen molar-refractivity contribution in [3.8, 4) is 0 Å². The summed E-state index contributed by atoms with van der Waals surface area (Å²) in [5, 5.41) is 7.44. The number of hydrogen-bond donors (Lipinski definition) is 2. The SMILES string of the molecule is CC1CN(C(C)C)CC(CCC(C)N2C[C@@H](C)N[C@@H](C)C2)N1. The van der Waals surface area contributed by atoms with Gasteiger partial charge in [0.1, 0.15) is 0 Å². The van der Waals surface area contributed by atoms with E-state index in [2.05, 4.69) is 62.0 Å². The van der Waals surface area contributed by atoms with E-state index in [0.29, 0.717) is 36.3 Å². The van der Waals surface area contributed by atoms with Gasteiger partial charge in [0.2, 0.25) is 0 Å². The second-order valence-electron chi connectivity index (χ2n) is 8.16. The normalized spacial score (nSPS) is 36.7. The van der Waals surface area contributed by atoms with E-state index in [4.69, 9.17) is 0 Å². The zero-order valence-corrected chi connectivity index (χ0v) is 15.6. The van der Waals surface area contributed by atoms with Gasteiger partial charge in [-0.25, -0.2) is 0 Å². The molecule has 0 bridgehead atoms. The molecule has 4 nitrogen and oxygen atoms in total. The Hall–Kier alpha value is -0.160. The Balaban J connectivity index is 1.78. The molecule has 5 atom stereocenters. The van der Waals surface area contributed by atoms with Gasteiger partial charge in [0, 0.05) is 62.4 Å². The lowest BCUT2D eigenvalue weighted by atomic mass is 10.00. The fourth-order valence-electron chi connectivity index (χ4n) is 4.17. The topological polar surface area (TPSA) is 30.5 Å². The minimum absolute atomic E-state index is 0.621. The molecule has 2 heterocycles. The van der Waals surface area contributed by atoms with Crippen LogP contribution in [-0.4, -0.2) is 72.2 Å². The summed E-state index contributed by atoms with van der Waals surface area (Å²) in [4.78, 5) is 5.31. The van der Waals surface area contributed by atoms with Gasteiger partial charge in [-0.15, -0.1) is 0 Å². The Labute approximate surface area is 138 Å². The number of nitrogens with one attached hydrogen (secondary N) is 2. The summed E-state index contributed by atoms with van der Waals surface area (Å²) in [6, 6.07) is 3.88. The Morgan fingerprint density at radius 1 is 0.818 bits per heavy atom. The second-order valence-corrected chi connectivity index (χ2v) is 8.16. The molecular weight excluding hydrogens is 272 g/mol. The van der Waals surface area contributed by atoms with Crippen LogP contribution < -0.4 is 10.6 Å². The minimum Gasteiger partial charge on any atom is -0.309 e. The first kappa shape index (κ1) is 18.2. The number of hydrogen-bond acceptors (Lipinski definition) is 4. The van der Waals surface area contributed by atoms with Crippen LogP contribution in [0, 0.1) is 0 Å². The first-order chi connectivity index (χ1) is 10.3. The Morgan fingerprint density at radius 2 is 1.36 bits per heavy atom. The maximum absolute atomic E-state index is 3.80. The van der Waals surface area contributed by atoms with Crippen molar-refractivity contribution in [3.05, 3.63) is 0 Å². The van der Waals surface area contributed by atoms with Gasteiger partial charge in [-0.3, -0.25) is 9.80 Å². The fraction of sp³-hybridized carbons (Fsp3) is 1.00. The van der Waals surface area contributed by atoms with Crippen molar-refractivity contribution in [2.45, 2.75) is 90.6 Å². The van der Waals surface area contributed by atoms with Crippen molar-refractivity contribution in [1.82, 2.24) is 20.4 Å². The predicted molar refractivity (Wildman–Crippen MR) is 95.4 cm³/mol. The lowest BCUT2D eigenvalue weighted by Gasteiger charge is -2.42. The van der Waals surface area contributed by atoms with Crippen LogP contribution in [0.25, 0.3) is 0 Å². The summed E-state index contributed by atoms with van der Waals surface area (Å²) in [7, 11) is 0. The van der Waals surface area contributed by atoms with E-state index in [-0.39, 0.29) is 0 Å². The molecule has 0 aromatic heterocycles. The van der Waals surface area contributed by atoms with E-state index in [1.807, 2.05) is 0 Å². The summed E-state index contributed by atoms with van der Waals surface area (Å²) >= 11 is 0. The van der Waals surface area contributed by atoms with Crippen molar-refractivity contribution in [1.29, 1.82) is 0 Å². The zero-order valence-electron chi connectivity index (χ0n) is 15.6. The maximum atomic E-state index is 3.80. The fourth-order valence-corrected chi connectivity index (χ4v) is 4.17. The van der Waals surface area contributed by atoms with Gasteiger partial charge < -0.3 is 10.6 Å². The molecule has 0 amide bonds. The monoisotopic (exact) mass is 310 g/mol. The third kappa shape index (κ3) is 5.19. The molecule has 0 aliphatic carbocycles. The highest BCUT2D eigenvalue weighted by molar-refractivity contribution is 4.88. The summed E-state index contributed by atoms with van der Waals surface area (Å²) in [6.07, 6.45) is 2.59. The lowest BCUT2D eigenvalue weighted by Crippen LogP contribution is -2.58. The Kier molecular flexibility index (Phi) is 6.69. The van der Waals surface area contributed by atoms with Gasteiger partial charge in [0.15, 0.2) is 0 Å². The molecule has 22 heavy (non-hydrogen) atoms. The molecule has 2 aliphatic heterocycles. The highest BCUT2D eigenvalue weighted by Crippen LogP contribution is 2.17. The molecule has 0 saturated carbocycles. The second kappa shape index (κ2) is 8.09. The molecule has 2 rings (SSSR count). The third-order valence-electron chi connectivity index (χ3n) is 5.36. The number of nitrogens with zero attached hydrogens (tertiary/aromatic N) is 2. The van der Waals surface area contributed by atoms with E-state index >= 15 is 0 Å². The summed E-state index contributed by atoms with van der Waals surface area (Å²) in [5.41, 5.74) is 0. The van der Waals surface area contributed by atoms with Gasteiger partial charge >= 0.3 is 0 Å². The van der Waals surface area contributed by atoms with Gasteiger partial charge in [-0.1, -0.05) is 0 Å². The van der Waals surface area contributed by atoms with Gasteiger partial charge in [0.05, 0.1) is 0 Å². The predicted octanol–water partition coefficient (Wildman–Crippen LogP) is 1.91. The summed E-state index contributed by atoms with van der Waals surface area (Å²) < 4.78 is 0. The molecule has 2 N–H and O–H groups in total. The molecule has 0 spiro atoms. The molecule has 4 heteroatoms. The van der Waals surface area contributed by atoms with Crippen molar-refractivity contribution in [3.63, 3.8) is 0 Å². The maximum Gasteiger partial charge on any atom is 0.0198 e. The quantitative estimate of drug-likeness (QED) is 0.812. The minimum atomic E-state index is 0.621. The largest absolute Gasteiger partial charge is 0.309 e. The average Bonchev–Trinajstić information content (AvgIpc) is 2.43. The standard InChI is InChI=1S/C18H38N4/c1-13(2)21-9-16(5)20-18(12-21)8-7-17(6)22-10-14(3)19-15(4)11-22/h13-20H,7-12H2,1-6H3/t14-,15+,16?,17?,18?. The van der Waals surface area contributed by atoms with Crippen LogP contribution in [0.15, 0.2) is 0 Å². The summed E-state index contributed by atoms with van der Waals surface area (Å²) in [6.45, 7) is 18.8. The first-order valence-electron chi connectivity index (χ1n) is 9.35. The molecule has 3 unspecified atom stereocenters. The average molecular weight is 311 g/mol. The van der Waals surface area contributed by atoms with E-state index in [0.717, 1.165) is 0 Å². The van der Waals surface area contributed by atoms with Gasteiger partial charge in [0.25, 0.3) is 0 Å². The van der Waals surface area contributed by atoms with Crippen molar-refractivity contribution < 1.29 is 0 Å². The first-order valence-corrected chi connectivity index (χ1v) is 9.35. The number of rotatable bonds is 5. The van der Waals surface area contributed by atoms with E-state index < -0.39 is 0 Å². The van der Waals surface area contributed by atoms with Crippen molar-refractivity contribution >= 4 is 0 Å². The molecule has 0 aromatic carbocycles. The van der Waals surface area contributed by atoms with Crippen LogP contribution in [-0.2, 0) is 0 Å². The van der Waals surface area contributed by atoms with E-state index in [9.17, 15) is 0 Å². The van der Waals surface area contributed by atoms with Crippen LogP contribution in [0.2, 0.25) is 0 Å². The Bertz CT molecular complexity index is 323. The van der Waals surface area contributed by atoms with Crippen molar-refractivity contribution in [2.75, 3.05) is 26.2 Å². The molecule has 2 fully saturated rings. The highest BCUT2D eigenvalue weighted by Gasteiger charge is 2.28. The third-order valence-corrected chi connectivity index (χ3v) is 5.36. The van der Waals surface area contributed by atoms with Crippen molar-refractivity contribution in [2.24, 2.45) is 0 Å². The molecule has 0 radical (unpaired) electrons. The molecule has 130 valence electrons. The van der Waals surface area contributed by atoms with Crippen LogP contribution in [0.4, 0.5) is 0 Å². The molecule has 2 aliphatic rings. The number of piperazine rings is 2. The highest BCUT2D eigenvalue weighted by atomic mass is 15.2. The smallest absolute Gasteiger partial charge is 0.0198 e. The van der Waals surface area contributed by atoms with Crippen LogP contribution >= 0.6 is 0 Å².